The van der Waals surface area contributed by atoms with Crippen molar-refractivity contribution in [2.75, 3.05) is 23.4 Å². The van der Waals surface area contributed by atoms with Crippen LogP contribution in [0.4, 0.5) is 17.3 Å². The topological polar surface area (TPSA) is 124 Å². The molecule has 0 amide bonds. The van der Waals surface area contributed by atoms with E-state index in [9.17, 15) is 14.9 Å². The molecular formula is C21H22BrN5O5. The Morgan fingerprint density at radius 3 is 2.78 bits per heavy atom. The number of nitro groups is 1. The number of halogens is 1. The minimum Gasteiger partial charge on any atom is -0.467 e. The fraction of sp³-hybridized carbons (Fsp3) is 0.286. The van der Waals surface area contributed by atoms with Crippen molar-refractivity contribution in [2.24, 2.45) is 0 Å². The molecule has 0 unspecified atom stereocenters. The Labute approximate surface area is 192 Å². The lowest BCUT2D eigenvalue weighted by Gasteiger charge is -2.22. The van der Waals surface area contributed by atoms with Gasteiger partial charge in [-0.15, -0.1) is 0 Å². The van der Waals surface area contributed by atoms with Gasteiger partial charge in [-0.25, -0.2) is 9.97 Å². The fourth-order valence-corrected chi connectivity index (χ4v) is 3.45. The van der Waals surface area contributed by atoms with Crippen LogP contribution in [0, 0.1) is 10.1 Å². The monoisotopic (exact) mass is 503 g/mol. The summed E-state index contributed by atoms with van der Waals surface area (Å²) in [6, 6.07) is 11.0. The molecule has 0 aliphatic rings. The average Bonchev–Trinajstić information content (AvgIpc) is 3.29. The Balaban J connectivity index is 1.90. The summed E-state index contributed by atoms with van der Waals surface area (Å²) in [6.07, 6.45) is 2.80. The minimum atomic E-state index is -0.531. The van der Waals surface area contributed by atoms with Gasteiger partial charge < -0.3 is 19.4 Å². The second kappa shape index (κ2) is 11.2. The third-order valence-electron chi connectivity index (χ3n) is 4.51. The maximum Gasteiger partial charge on any atom is 0.353 e. The lowest BCUT2D eigenvalue weighted by atomic mass is 10.2. The number of furan rings is 1. The van der Waals surface area contributed by atoms with Crippen LogP contribution in [0.2, 0.25) is 0 Å². The number of esters is 1. The van der Waals surface area contributed by atoms with E-state index >= 15 is 0 Å². The van der Waals surface area contributed by atoms with E-state index in [2.05, 4.69) is 31.2 Å². The molecule has 1 N–H and O–H groups in total. The zero-order valence-electron chi connectivity index (χ0n) is 17.4. The first kappa shape index (κ1) is 23.2. The van der Waals surface area contributed by atoms with Crippen molar-refractivity contribution in [3.8, 4) is 0 Å². The van der Waals surface area contributed by atoms with Crippen molar-refractivity contribution in [3.05, 3.63) is 74.9 Å². The average molecular weight is 504 g/mol. The molecule has 0 bridgehead atoms. The molecule has 0 spiro atoms. The van der Waals surface area contributed by atoms with Gasteiger partial charge in [0, 0.05) is 17.6 Å². The van der Waals surface area contributed by atoms with Crippen molar-refractivity contribution in [1.29, 1.82) is 0 Å². The Morgan fingerprint density at radius 1 is 1.28 bits per heavy atom. The van der Waals surface area contributed by atoms with E-state index < -0.39 is 10.9 Å². The molecule has 0 atom stereocenters. The van der Waals surface area contributed by atoms with E-state index in [-0.39, 0.29) is 43.4 Å². The van der Waals surface area contributed by atoms with E-state index in [1.54, 1.807) is 24.0 Å². The fourth-order valence-electron chi connectivity index (χ4n) is 3.03. The van der Waals surface area contributed by atoms with Crippen molar-refractivity contribution in [3.63, 3.8) is 0 Å². The molecule has 3 aromatic rings. The van der Waals surface area contributed by atoms with Crippen molar-refractivity contribution < 1.29 is 18.9 Å². The van der Waals surface area contributed by atoms with E-state index in [4.69, 9.17) is 9.15 Å². The first-order valence-electron chi connectivity index (χ1n) is 9.89. The number of carbonyl (C=O) groups excluding carboxylic acids is 1. The molecule has 168 valence electrons. The van der Waals surface area contributed by atoms with Crippen LogP contribution >= 0.6 is 15.9 Å². The summed E-state index contributed by atoms with van der Waals surface area (Å²) < 4.78 is 11.3. The summed E-state index contributed by atoms with van der Waals surface area (Å²) in [6.45, 7) is 2.64. The highest BCUT2D eigenvalue weighted by atomic mass is 79.9. The van der Waals surface area contributed by atoms with E-state index in [1.165, 1.54) is 12.6 Å². The van der Waals surface area contributed by atoms with E-state index in [0.717, 1.165) is 10.0 Å². The summed E-state index contributed by atoms with van der Waals surface area (Å²) in [4.78, 5) is 33.2. The number of carbonyl (C=O) groups is 1. The van der Waals surface area contributed by atoms with E-state index in [1.807, 2.05) is 24.3 Å². The summed E-state index contributed by atoms with van der Waals surface area (Å²) in [7, 11) is 0. The number of ether oxygens (including phenoxy) is 1. The first-order valence-corrected chi connectivity index (χ1v) is 10.7. The highest BCUT2D eigenvalue weighted by Crippen LogP contribution is 2.33. The number of hydrogen-bond donors (Lipinski definition) is 1. The van der Waals surface area contributed by atoms with Gasteiger partial charge in [0.05, 0.1) is 30.8 Å². The number of aromatic nitrogens is 2. The zero-order chi connectivity index (χ0) is 22.9. The Morgan fingerprint density at radius 2 is 2.09 bits per heavy atom. The van der Waals surface area contributed by atoms with Gasteiger partial charge in [-0.2, -0.15) is 0 Å². The SMILES string of the molecule is CCOC(=O)CCN(Cc1ccco1)c1ncnc(NCc2ccccc2Br)c1[N+](=O)[O-]. The number of hydrogen-bond acceptors (Lipinski definition) is 9. The summed E-state index contributed by atoms with van der Waals surface area (Å²) in [5.74, 6) is 0.335. The normalized spacial score (nSPS) is 10.6. The number of anilines is 2. The summed E-state index contributed by atoms with van der Waals surface area (Å²) in [5, 5.41) is 15.0. The molecule has 32 heavy (non-hydrogen) atoms. The molecule has 0 saturated heterocycles. The van der Waals surface area contributed by atoms with Crippen molar-refractivity contribution in [2.45, 2.75) is 26.4 Å². The van der Waals surface area contributed by atoms with Gasteiger partial charge in [0.1, 0.15) is 12.1 Å². The van der Waals surface area contributed by atoms with Crippen LogP contribution in [0.5, 0.6) is 0 Å². The largest absolute Gasteiger partial charge is 0.467 e. The van der Waals surface area contributed by atoms with E-state index in [0.29, 0.717) is 12.3 Å². The van der Waals surface area contributed by atoms with Gasteiger partial charge in [0.2, 0.25) is 11.6 Å². The lowest BCUT2D eigenvalue weighted by Crippen LogP contribution is -2.28. The molecule has 0 aliphatic heterocycles. The number of nitrogens with one attached hydrogen (secondary N) is 1. The standard InChI is InChI=1S/C21H22BrN5O5/c1-2-31-18(28)9-10-26(13-16-7-5-11-32-16)21-19(27(29)30)20(24-14-25-21)23-12-15-6-3-4-8-17(15)22/h3-8,11,14H,2,9-10,12-13H2,1H3,(H,23,24,25). The molecule has 11 heteroatoms. The highest BCUT2D eigenvalue weighted by molar-refractivity contribution is 9.10. The first-order chi connectivity index (χ1) is 15.5. The number of nitrogens with zero attached hydrogens (tertiary/aromatic N) is 4. The smallest absolute Gasteiger partial charge is 0.353 e. The Hall–Kier alpha value is -3.47. The molecule has 10 nitrogen and oxygen atoms in total. The van der Waals surface area contributed by atoms with Crippen LogP contribution in [0.15, 0.2) is 57.9 Å². The molecular weight excluding hydrogens is 482 g/mol. The van der Waals surface area contributed by atoms with Crippen molar-refractivity contribution in [1.82, 2.24) is 9.97 Å². The third kappa shape index (κ3) is 6.03. The molecule has 0 fully saturated rings. The minimum absolute atomic E-state index is 0.0371. The second-order valence-electron chi connectivity index (χ2n) is 6.65. The van der Waals surface area contributed by atoms with Crippen LogP contribution in [0.1, 0.15) is 24.7 Å². The van der Waals surface area contributed by atoms with Crippen LogP contribution in [-0.2, 0) is 22.6 Å². The highest BCUT2D eigenvalue weighted by Gasteiger charge is 2.28. The quantitative estimate of drug-likeness (QED) is 0.231. The van der Waals surface area contributed by atoms with Crippen LogP contribution < -0.4 is 10.2 Å². The van der Waals surface area contributed by atoms with Gasteiger partial charge in [0.25, 0.3) is 0 Å². The van der Waals surface area contributed by atoms with Crippen LogP contribution in [0.25, 0.3) is 0 Å². The van der Waals surface area contributed by atoms with Gasteiger partial charge in [-0.1, -0.05) is 34.1 Å². The number of benzene rings is 1. The predicted octanol–water partition coefficient (Wildman–Crippen LogP) is 4.31. The van der Waals surface area contributed by atoms with Gasteiger partial charge in [-0.05, 0) is 30.7 Å². The second-order valence-corrected chi connectivity index (χ2v) is 7.51. The molecule has 3 rings (SSSR count). The number of rotatable bonds is 11. The Kier molecular flexibility index (Phi) is 8.14. The zero-order valence-corrected chi connectivity index (χ0v) is 18.9. The third-order valence-corrected chi connectivity index (χ3v) is 5.28. The molecule has 0 radical (unpaired) electrons. The van der Waals surface area contributed by atoms with Crippen molar-refractivity contribution >= 4 is 39.2 Å². The maximum atomic E-state index is 12.0. The lowest BCUT2D eigenvalue weighted by molar-refractivity contribution is -0.383. The Bertz CT molecular complexity index is 1060. The molecule has 1 aromatic carbocycles. The van der Waals surface area contributed by atoms with Gasteiger partial charge in [0.15, 0.2) is 0 Å². The van der Waals surface area contributed by atoms with Crippen LogP contribution in [-0.4, -0.2) is 34.0 Å². The molecule has 0 aliphatic carbocycles. The summed E-state index contributed by atoms with van der Waals surface area (Å²) in [5.41, 5.74) is 0.631. The molecule has 2 aromatic heterocycles. The van der Waals surface area contributed by atoms with Gasteiger partial charge >= 0.3 is 11.7 Å². The summed E-state index contributed by atoms with van der Waals surface area (Å²) >= 11 is 3.47. The van der Waals surface area contributed by atoms with Crippen LogP contribution in [0.3, 0.4) is 0 Å². The molecule has 2 heterocycles. The predicted molar refractivity (Wildman–Crippen MR) is 121 cm³/mol. The maximum absolute atomic E-state index is 12.0. The molecule has 0 saturated carbocycles. The van der Waals surface area contributed by atoms with Gasteiger partial charge in [-0.3, -0.25) is 14.9 Å².